The van der Waals surface area contributed by atoms with Crippen LogP contribution in [0.1, 0.15) is 11.1 Å². The lowest BCUT2D eigenvalue weighted by atomic mass is 10.1. The number of nitrogens with one attached hydrogen (secondary N) is 2. The van der Waals surface area contributed by atoms with Gasteiger partial charge in [0.1, 0.15) is 6.07 Å². The minimum atomic E-state index is -0.885. The summed E-state index contributed by atoms with van der Waals surface area (Å²) in [5, 5.41) is 23.6. The molecule has 0 unspecified atom stereocenters. The Balaban J connectivity index is 1.83. The number of nitrogens with zero attached hydrogens (tertiary/aromatic N) is 1. The van der Waals surface area contributed by atoms with Gasteiger partial charge in [-0.3, -0.25) is 9.59 Å². The molecule has 0 radical (unpaired) electrons. The van der Waals surface area contributed by atoms with E-state index in [4.69, 9.17) is 5.26 Å². The number of nitriles is 1. The molecule has 0 aromatic heterocycles. The zero-order valence-corrected chi connectivity index (χ0v) is 12.9. The van der Waals surface area contributed by atoms with Crippen LogP contribution in [-0.2, 0) is 16.0 Å². The Labute approximate surface area is 139 Å². The number of amides is 2. The molecule has 2 rings (SSSR count). The molecule has 24 heavy (non-hydrogen) atoms. The highest BCUT2D eigenvalue weighted by atomic mass is 16.3. The van der Waals surface area contributed by atoms with Crippen LogP contribution >= 0.6 is 0 Å². The van der Waals surface area contributed by atoms with E-state index in [1.807, 2.05) is 36.4 Å². The SMILES string of the molecule is N#Cc1ccccc1NC(=O)C(=O)NC[C@@H](O)Cc1ccccc1. The summed E-state index contributed by atoms with van der Waals surface area (Å²) in [5.74, 6) is -1.75. The zero-order chi connectivity index (χ0) is 17.4. The number of carbonyl (C=O) groups excluding carboxylic acids is 2. The summed E-state index contributed by atoms with van der Waals surface area (Å²) >= 11 is 0. The van der Waals surface area contributed by atoms with E-state index in [2.05, 4.69) is 10.6 Å². The molecular formula is C18H17N3O3. The number of aliphatic hydroxyl groups excluding tert-OH is 1. The van der Waals surface area contributed by atoms with E-state index in [0.717, 1.165) is 5.56 Å². The molecule has 0 aliphatic rings. The molecule has 6 nitrogen and oxygen atoms in total. The Morgan fingerprint density at radius 1 is 1.04 bits per heavy atom. The fourth-order valence-electron chi connectivity index (χ4n) is 2.12. The van der Waals surface area contributed by atoms with Gasteiger partial charge in [0.05, 0.1) is 17.4 Å². The quantitative estimate of drug-likeness (QED) is 0.720. The van der Waals surface area contributed by atoms with Crippen molar-refractivity contribution in [3.63, 3.8) is 0 Å². The standard InChI is InChI=1S/C18H17N3O3/c19-11-14-8-4-5-9-16(14)21-18(24)17(23)20-12-15(22)10-13-6-2-1-3-7-13/h1-9,15,22H,10,12H2,(H,20,23)(H,21,24)/t15-/m0/s1. The number of hydrogen-bond acceptors (Lipinski definition) is 4. The number of aliphatic hydroxyl groups is 1. The normalized spacial score (nSPS) is 11.2. The first-order valence-electron chi connectivity index (χ1n) is 7.40. The summed E-state index contributed by atoms with van der Waals surface area (Å²) in [6.45, 7) is -0.0406. The largest absolute Gasteiger partial charge is 0.391 e. The first-order chi connectivity index (χ1) is 11.6. The van der Waals surface area contributed by atoms with Gasteiger partial charge >= 0.3 is 11.8 Å². The second-order valence-electron chi connectivity index (χ2n) is 5.17. The molecule has 2 aromatic carbocycles. The fraction of sp³-hybridized carbons (Fsp3) is 0.167. The number of anilines is 1. The predicted molar refractivity (Wildman–Crippen MR) is 88.9 cm³/mol. The third-order valence-corrected chi connectivity index (χ3v) is 3.31. The van der Waals surface area contributed by atoms with Gasteiger partial charge in [0, 0.05) is 13.0 Å². The van der Waals surface area contributed by atoms with Crippen LogP contribution < -0.4 is 10.6 Å². The molecule has 0 heterocycles. The molecule has 0 aliphatic carbocycles. The summed E-state index contributed by atoms with van der Waals surface area (Å²) in [6, 6.07) is 17.7. The van der Waals surface area contributed by atoms with Crippen LogP contribution in [0.3, 0.4) is 0 Å². The molecule has 0 aliphatic heterocycles. The van der Waals surface area contributed by atoms with Crippen LogP contribution in [0, 0.1) is 11.3 Å². The van der Waals surface area contributed by atoms with E-state index >= 15 is 0 Å². The van der Waals surface area contributed by atoms with E-state index in [9.17, 15) is 14.7 Å². The molecule has 3 N–H and O–H groups in total. The monoisotopic (exact) mass is 323 g/mol. The maximum atomic E-state index is 11.8. The Morgan fingerprint density at radius 3 is 2.42 bits per heavy atom. The molecule has 2 aromatic rings. The number of benzene rings is 2. The Kier molecular flexibility index (Phi) is 6.06. The highest BCUT2D eigenvalue weighted by Gasteiger charge is 2.16. The number of hydrogen-bond donors (Lipinski definition) is 3. The second-order valence-corrected chi connectivity index (χ2v) is 5.17. The predicted octanol–water partition coefficient (Wildman–Crippen LogP) is 1.22. The van der Waals surface area contributed by atoms with Crippen LogP contribution in [0.4, 0.5) is 5.69 Å². The van der Waals surface area contributed by atoms with Gasteiger partial charge in [-0.2, -0.15) is 5.26 Å². The van der Waals surface area contributed by atoms with Crippen molar-refractivity contribution >= 4 is 17.5 Å². The van der Waals surface area contributed by atoms with Crippen LogP contribution in [0.5, 0.6) is 0 Å². The van der Waals surface area contributed by atoms with Crippen LogP contribution in [0.2, 0.25) is 0 Å². The van der Waals surface area contributed by atoms with Crippen LogP contribution in [0.25, 0.3) is 0 Å². The van der Waals surface area contributed by atoms with Crippen molar-refractivity contribution in [1.29, 1.82) is 5.26 Å². The highest BCUT2D eigenvalue weighted by Crippen LogP contribution is 2.13. The van der Waals surface area contributed by atoms with Gasteiger partial charge in [-0.25, -0.2) is 0 Å². The maximum absolute atomic E-state index is 11.8. The Morgan fingerprint density at radius 2 is 1.71 bits per heavy atom. The van der Waals surface area contributed by atoms with E-state index in [-0.39, 0.29) is 17.8 Å². The fourth-order valence-corrected chi connectivity index (χ4v) is 2.12. The summed E-state index contributed by atoms with van der Waals surface area (Å²) in [5.41, 5.74) is 1.47. The Hall–Kier alpha value is -3.17. The third-order valence-electron chi connectivity index (χ3n) is 3.31. The lowest BCUT2D eigenvalue weighted by Crippen LogP contribution is -2.40. The maximum Gasteiger partial charge on any atom is 0.313 e. The van der Waals surface area contributed by atoms with Gasteiger partial charge in [-0.1, -0.05) is 42.5 Å². The summed E-state index contributed by atoms with van der Waals surface area (Å²) in [7, 11) is 0. The summed E-state index contributed by atoms with van der Waals surface area (Å²) in [6.07, 6.45) is -0.421. The van der Waals surface area contributed by atoms with Gasteiger partial charge in [0.2, 0.25) is 0 Å². The third kappa shape index (κ3) is 4.93. The number of carbonyl (C=O) groups is 2. The molecule has 0 spiro atoms. The lowest BCUT2D eigenvalue weighted by Gasteiger charge is -2.12. The molecule has 0 bridgehead atoms. The minimum absolute atomic E-state index is 0.0406. The molecule has 0 saturated heterocycles. The van der Waals surface area contributed by atoms with Crippen molar-refractivity contribution in [2.45, 2.75) is 12.5 Å². The number of para-hydroxylation sites is 1. The van der Waals surface area contributed by atoms with Gasteiger partial charge < -0.3 is 15.7 Å². The van der Waals surface area contributed by atoms with Gasteiger partial charge in [0.25, 0.3) is 0 Å². The second kappa shape index (κ2) is 8.46. The van der Waals surface area contributed by atoms with Crippen molar-refractivity contribution in [1.82, 2.24) is 5.32 Å². The average Bonchev–Trinajstić information content (AvgIpc) is 2.61. The molecule has 0 saturated carbocycles. The minimum Gasteiger partial charge on any atom is -0.391 e. The lowest BCUT2D eigenvalue weighted by molar-refractivity contribution is -0.136. The van der Waals surface area contributed by atoms with Crippen LogP contribution in [0.15, 0.2) is 54.6 Å². The topological polar surface area (TPSA) is 102 Å². The molecule has 122 valence electrons. The van der Waals surface area contributed by atoms with E-state index < -0.39 is 17.9 Å². The van der Waals surface area contributed by atoms with Crippen molar-refractivity contribution in [3.05, 3.63) is 65.7 Å². The van der Waals surface area contributed by atoms with Crippen molar-refractivity contribution in [2.24, 2.45) is 0 Å². The smallest absolute Gasteiger partial charge is 0.313 e. The van der Waals surface area contributed by atoms with Gasteiger partial charge in [-0.15, -0.1) is 0 Å². The van der Waals surface area contributed by atoms with E-state index in [0.29, 0.717) is 6.42 Å². The summed E-state index contributed by atoms with van der Waals surface area (Å²) < 4.78 is 0. The Bertz CT molecular complexity index is 754. The molecule has 1 atom stereocenters. The molecule has 2 amide bonds. The molecular weight excluding hydrogens is 306 g/mol. The zero-order valence-electron chi connectivity index (χ0n) is 12.9. The van der Waals surface area contributed by atoms with Gasteiger partial charge in [0.15, 0.2) is 0 Å². The van der Waals surface area contributed by atoms with Crippen LogP contribution in [-0.4, -0.2) is 29.6 Å². The summed E-state index contributed by atoms with van der Waals surface area (Å²) in [4.78, 5) is 23.6. The van der Waals surface area contributed by atoms with Crippen molar-refractivity contribution < 1.29 is 14.7 Å². The number of rotatable bonds is 5. The molecule has 0 fully saturated rings. The molecule has 6 heteroatoms. The van der Waals surface area contributed by atoms with E-state index in [1.54, 1.807) is 12.1 Å². The van der Waals surface area contributed by atoms with Crippen molar-refractivity contribution in [2.75, 3.05) is 11.9 Å². The van der Waals surface area contributed by atoms with Gasteiger partial charge in [-0.05, 0) is 17.7 Å². The van der Waals surface area contributed by atoms with Crippen molar-refractivity contribution in [3.8, 4) is 6.07 Å². The average molecular weight is 323 g/mol. The first-order valence-corrected chi connectivity index (χ1v) is 7.40. The first kappa shape index (κ1) is 17.2. The van der Waals surface area contributed by atoms with E-state index in [1.165, 1.54) is 12.1 Å². The highest BCUT2D eigenvalue weighted by molar-refractivity contribution is 6.39.